The highest BCUT2D eigenvalue weighted by Gasteiger charge is 2.14. The summed E-state index contributed by atoms with van der Waals surface area (Å²) in [5, 5.41) is 9.81. The molecule has 0 aliphatic carbocycles. The Kier molecular flexibility index (Phi) is 5.95. The third kappa shape index (κ3) is 4.31. The highest BCUT2D eigenvalue weighted by atomic mass is 32.1. The van der Waals surface area contributed by atoms with Crippen LogP contribution in [-0.2, 0) is 0 Å². The topological polar surface area (TPSA) is 59.4 Å². The number of rotatable bonds is 8. The maximum absolute atomic E-state index is 11.1. The smallest absolute Gasteiger partial charge is 0.347 e. The maximum Gasteiger partial charge on any atom is 0.347 e. The maximum atomic E-state index is 11.1. The van der Waals surface area contributed by atoms with Crippen LogP contribution >= 0.6 is 11.3 Å². The minimum atomic E-state index is -0.923. The van der Waals surface area contributed by atoms with E-state index in [-0.39, 0.29) is 0 Å². The lowest BCUT2D eigenvalue weighted by Crippen LogP contribution is -1.96. The molecule has 1 heterocycles. The van der Waals surface area contributed by atoms with E-state index >= 15 is 0 Å². The van der Waals surface area contributed by atoms with Crippen molar-refractivity contribution in [3.05, 3.63) is 34.8 Å². The van der Waals surface area contributed by atoms with Gasteiger partial charge in [-0.15, -0.1) is 11.3 Å². The first kappa shape index (κ1) is 16.5. The number of aromatic nitrogens is 1. The molecular weight excluding hydrogens is 298 g/mol. The number of hydrogen-bond acceptors (Lipinski definition) is 4. The molecule has 0 saturated carbocycles. The average Bonchev–Trinajstić information content (AvgIpc) is 2.90. The minimum absolute atomic E-state index is 0.297. The number of ether oxygens (including phenoxy) is 1. The molecule has 5 heteroatoms. The molecule has 2 rings (SSSR count). The van der Waals surface area contributed by atoms with E-state index in [1.165, 1.54) is 30.6 Å². The first-order valence-corrected chi connectivity index (χ1v) is 8.37. The lowest BCUT2D eigenvalue weighted by atomic mass is 10.2. The fraction of sp³-hybridized carbons (Fsp3) is 0.412. The highest BCUT2D eigenvalue weighted by molar-refractivity contribution is 7.17. The summed E-state index contributed by atoms with van der Waals surface area (Å²) in [6.45, 7) is 4.64. The van der Waals surface area contributed by atoms with Gasteiger partial charge < -0.3 is 9.84 Å². The van der Waals surface area contributed by atoms with Crippen LogP contribution in [-0.4, -0.2) is 22.7 Å². The fourth-order valence-electron chi connectivity index (χ4n) is 2.13. The van der Waals surface area contributed by atoms with Gasteiger partial charge in [0, 0.05) is 5.56 Å². The van der Waals surface area contributed by atoms with Crippen LogP contribution in [0.15, 0.2) is 24.3 Å². The molecule has 4 nitrogen and oxygen atoms in total. The lowest BCUT2D eigenvalue weighted by molar-refractivity contribution is 0.0701. The van der Waals surface area contributed by atoms with Crippen molar-refractivity contribution in [3.63, 3.8) is 0 Å². The van der Waals surface area contributed by atoms with E-state index in [1.807, 2.05) is 24.3 Å². The molecule has 0 atom stereocenters. The molecule has 0 radical (unpaired) electrons. The molecule has 118 valence electrons. The minimum Gasteiger partial charge on any atom is -0.494 e. The third-order valence-corrected chi connectivity index (χ3v) is 4.55. The molecule has 0 unspecified atom stereocenters. The first-order chi connectivity index (χ1) is 10.6. The van der Waals surface area contributed by atoms with Gasteiger partial charge in [-0.2, -0.15) is 0 Å². The number of unbranched alkanes of at least 4 members (excludes halogenated alkanes) is 3. The number of benzene rings is 1. The van der Waals surface area contributed by atoms with Crippen molar-refractivity contribution in [2.75, 3.05) is 6.61 Å². The molecule has 0 aliphatic heterocycles. The predicted octanol–water partition coefficient (Wildman–Crippen LogP) is 4.78. The highest BCUT2D eigenvalue weighted by Crippen LogP contribution is 2.29. The Labute approximate surface area is 134 Å². The summed E-state index contributed by atoms with van der Waals surface area (Å²) >= 11 is 1.20. The van der Waals surface area contributed by atoms with Crippen LogP contribution in [0, 0.1) is 6.92 Å². The fourth-order valence-corrected chi connectivity index (χ4v) is 3.04. The van der Waals surface area contributed by atoms with Crippen LogP contribution < -0.4 is 4.74 Å². The Balaban J connectivity index is 1.97. The third-order valence-electron chi connectivity index (χ3n) is 3.36. The van der Waals surface area contributed by atoms with E-state index in [2.05, 4.69) is 11.9 Å². The van der Waals surface area contributed by atoms with Crippen molar-refractivity contribution < 1.29 is 14.6 Å². The Morgan fingerprint density at radius 2 is 1.95 bits per heavy atom. The van der Waals surface area contributed by atoms with Crippen molar-refractivity contribution >= 4 is 17.3 Å². The molecular formula is C17H21NO3S. The second-order valence-electron chi connectivity index (χ2n) is 5.17. The summed E-state index contributed by atoms with van der Waals surface area (Å²) in [4.78, 5) is 15.7. The standard InChI is InChI=1S/C17H21NO3S/c1-3-4-5-6-11-21-14-9-7-13(8-10-14)16-18-12(2)15(22-16)17(19)20/h7-10H,3-6,11H2,1-2H3,(H,19,20). The van der Waals surface area contributed by atoms with E-state index in [1.54, 1.807) is 6.92 Å². The number of carboxylic acids is 1. The SMILES string of the molecule is CCCCCCOc1ccc(-c2nc(C)c(C(=O)O)s2)cc1. The van der Waals surface area contributed by atoms with Crippen molar-refractivity contribution in [1.29, 1.82) is 0 Å². The van der Waals surface area contributed by atoms with Crippen LogP contribution in [0.2, 0.25) is 0 Å². The summed E-state index contributed by atoms with van der Waals surface area (Å²) < 4.78 is 5.70. The number of aryl methyl sites for hydroxylation is 1. The van der Waals surface area contributed by atoms with E-state index in [0.717, 1.165) is 29.3 Å². The molecule has 0 bridgehead atoms. The summed E-state index contributed by atoms with van der Waals surface area (Å²) in [5.74, 6) is -0.0831. The Morgan fingerprint density at radius 3 is 2.55 bits per heavy atom. The van der Waals surface area contributed by atoms with Gasteiger partial charge >= 0.3 is 5.97 Å². The molecule has 0 aliphatic rings. The number of hydrogen-bond donors (Lipinski definition) is 1. The summed E-state index contributed by atoms with van der Waals surface area (Å²) in [6.07, 6.45) is 4.74. The zero-order valence-electron chi connectivity index (χ0n) is 13.0. The lowest BCUT2D eigenvalue weighted by Gasteiger charge is -2.06. The molecule has 1 aromatic heterocycles. The molecule has 0 fully saturated rings. The van der Waals surface area contributed by atoms with Crippen molar-refractivity contribution in [2.24, 2.45) is 0 Å². The van der Waals surface area contributed by atoms with Crippen molar-refractivity contribution in [3.8, 4) is 16.3 Å². The summed E-state index contributed by atoms with van der Waals surface area (Å²) in [5.41, 5.74) is 1.47. The Hall–Kier alpha value is -1.88. The van der Waals surface area contributed by atoms with Crippen LogP contribution in [0.25, 0.3) is 10.6 Å². The summed E-state index contributed by atoms with van der Waals surface area (Å²) in [7, 11) is 0. The van der Waals surface area contributed by atoms with Crippen molar-refractivity contribution in [1.82, 2.24) is 4.98 Å². The number of thiazole rings is 1. The largest absolute Gasteiger partial charge is 0.494 e. The Morgan fingerprint density at radius 1 is 1.23 bits per heavy atom. The van der Waals surface area contributed by atoms with Gasteiger partial charge in [-0.05, 0) is 37.6 Å². The number of carbonyl (C=O) groups is 1. The van der Waals surface area contributed by atoms with Gasteiger partial charge in [0.15, 0.2) is 0 Å². The van der Waals surface area contributed by atoms with E-state index in [4.69, 9.17) is 9.84 Å². The zero-order chi connectivity index (χ0) is 15.9. The van der Waals surface area contributed by atoms with E-state index in [0.29, 0.717) is 10.6 Å². The molecule has 0 spiro atoms. The van der Waals surface area contributed by atoms with Crippen molar-refractivity contribution in [2.45, 2.75) is 39.5 Å². The average molecular weight is 319 g/mol. The van der Waals surface area contributed by atoms with Crippen LogP contribution in [0.5, 0.6) is 5.75 Å². The molecule has 0 saturated heterocycles. The van der Waals surface area contributed by atoms with Crippen LogP contribution in [0.1, 0.15) is 48.0 Å². The quantitative estimate of drug-likeness (QED) is 0.712. The first-order valence-electron chi connectivity index (χ1n) is 7.55. The number of carboxylic acid groups (broad SMARTS) is 1. The monoisotopic (exact) mass is 319 g/mol. The normalized spacial score (nSPS) is 10.6. The van der Waals surface area contributed by atoms with Gasteiger partial charge in [0.25, 0.3) is 0 Å². The van der Waals surface area contributed by atoms with E-state index < -0.39 is 5.97 Å². The second-order valence-corrected chi connectivity index (χ2v) is 6.17. The van der Waals surface area contributed by atoms with Gasteiger partial charge in [0.1, 0.15) is 15.6 Å². The zero-order valence-corrected chi connectivity index (χ0v) is 13.8. The van der Waals surface area contributed by atoms with Gasteiger partial charge in [-0.25, -0.2) is 9.78 Å². The van der Waals surface area contributed by atoms with Gasteiger partial charge in [-0.1, -0.05) is 26.2 Å². The van der Waals surface area contributed by atoms with Gasteiger partial charge in [0.05, 0.1) is 12.3 Å². The molecule has 1 N–H and O–H groups in total. The van der Waals surface area contributed by atoms with Gasteiger partial charge in [-0.3, -0.25) is 0 Å². The van der Waals surface area contributed by atoms with E-state index in [9.17, 15) is 4.79 Å². The molecule has 1 aromatic carbocycles. The van der Waals surface area contributed by atoms with Crippen LogP contribution in [0.4, 0.5) is 0 Å². The molecule has 22 heavy (non-hydrogen) atoms. The molecule has 2 aromatic rings. The number of aromatic carboxylic acids is 1. The second kappa shape index (κ2) is 7.94. The van der Waals surface area contributed by atoms with Crippen LogP contribution in [0.3, 0.4) is 0 Å². The predicted molar refractivity (Wildman–Crippen MR) is 88.9 cm³/mol. The summed E-state index contributed by atoms with van der Waals surface area (Å²) in [6, 6.07) is 7.66. The molecule has 0 amide bonds. The number of nitrogens with zero attached hydrogens (tertiary/aromatic N) is 1. The van der Waals surface area contributed by atoms with Gasteiger partial charge in [0.2, 0.25) is 0 Å². The Bertz CT molecular complexity index is 619.